The monoisotopic (exact) mass is 180 g/mol. The Morgan fingerprint density at radius 2 is 2.00 bits per heavy atom. The van der Waals surface area contributed by atoms with Gasteiger partial charge in [0.25, 0.3) is 0 Å². The Balaban J connectivity index is 1.75. The van der Waals surface area contributed by atoms with Crippen LogP contribution in [0.1, 0.15) is 45.4 Å². The summed E-state index contributed by atoms with van der Waals surface area (Å²) < 4.78 is 0. The van der Waals surface area contributed by atoms with E-state index < -0.39 is 0 Å². The molecule has 1 aliphatic carbocycles. The van der Waals surface area contributed by atoms with Crippen LogP contribution in [0.25, 0.3) is 0 Å². The van der Waals surface area contributed by atoms with Gasteiger partial charge in [0.1, 0.15) is 0 Å². The standard InChI is InChI=1S/C11H20N2/c1-9-4-6-10(7-5-9)13-11-3-2-8-12-11/h9-10H,2-8H2,1H3,(H,12,13). The van der Waals surface area contributed by atoms with Gasteiger partial charge < -0.3 is 5.32 Å². The fraction of sp³-hybridized carbons (Fsp3) is 0.909. The van der Waals surface area contributed by atoms with E-state index in [-0.39, 0.29) is 0 Å². The molecule has 1 saturated carbocycles. The highest BCUT2D eigenvalue weighted by atomic mass is 15.0. The van der Waals surface area contributed by atoms with E-state index in [4.69, 9.17) is 0 Å². The van der Waals surface area contributed by atoms with E-state index in [1.165, 1.54) is 44.4 Å². The summed E-state index contributed by atoms with van der Waals surface area (Å²) in [5, 5.41) is 3.59. The normalized spacial score (nSPS) is 34.4. The third-order valence-corrected chi connectivity index (χ3v) is 3.26. The molecule has 13 heavy (non-hydrogen) atoms. The summed E-state index contributed by atoms with van der Waals surface area (Å²) in [6.07, 6.45) is 7.92. The van der Waals surface area contributed by atoms with Gasteiger partial charge in [0.05, 0.1) is 5.84 Å². The van der Waals surface area contributed by atoms with Crippen LogP contribution in [-0.4, -0.2) is 18.4 Å². The van der Waals surface area contributed by atoms with E-state index in [9.17, 15) is 0 Å². The molecule has 1 N–H and O–H groups in total. The second-order valence-electron chi connectivity index (χ2n) is 4.53. The van der Waals surface area contributed by atoms with Crippen molar-refractivity contribution in [3.05, 3.63) is 0 Å². The Bertz CT molecular complexity index is 190. The molecule has 74 valence electrons. The fourth-order valence-corrected chi connectivity index (χ4v) is 2.30. The van der Waals surface area contributed by atoms with Crippen molar-refractivity contribution in [2.45, 2.75) is 51.5 Å². The topological polar surface area (TPSA) is 24.4 Å². The summed E-state index contributed by atoms with van der Waals surface area (Å²) in [4.78, 5) is 4.45. The average Bonchev–Trinajstić information content (AvgIpc) is 2.62. The molecule has 0 atom stereocenters. The lowest BCUT2D eigenvalue weighted by Gasteiger charge is -2.27. The van der Waals surface area contributed by atoms with Gasteiger partial charge in [-0.3, -0.25) is 4.99 Å². The van der Waals surface area contributed by atoms with Crippen LogP contribution >= 0.6 is 0 Å². The number of hydrogen-bond donors (Lipinski definition) is 1. The first kappa shape index (κ1) is 9.04. The Kier molecular flexibility index (Phi) is 2.87. The van der Waals surface area contributed by atoms with Crippen LogP contribution in [-0.2, 0) is 0 Å². The fourth-order valence-electron chi connectivity index (χ4n) is 2.30. The molecule has 1 aliphatic heterocycles. The number of nitrogens with one attached hydrogen (secondary N) is 1. The van der Waals surface area contributed by atoms with Crippen molar-refractivity contribution in [3.8, 4) is 0 Å². The number of rotatable bonds is 1. The van der Waals surface area contributed by atoms with Gasteiger partial charge in [-0.2, -0.15) is 0 Å². The summed E-state index contributed by atoms with van der Waals surface area (Å²) >= 11 is 0. The third kappa shape index (κ3) is 2.45. The van der Waals surface area contributed by atoms with Crippen LogP contribution in [0.2, 0.25) is 0 Å². The van der Waals surface area contributed by atoms with Crippen molar-refractivity contribution in [2.24, 2.45) is 10.9 Å². The van der Waals surface area contributed by atoms with E-state index in [0.717, 1.165) is 18.5 Å². The maximum atomic E-state index is 4.45. The second kappa shape index (κ2) is 4.12. The molecular formula is C11H20N2. The maximum Gasteiger partial charge on any atom is 0.0965 e. The highest BCUT2D eigenvalue weighted by molar-refractivity contribution is 5.83. The molecule has 2 rings (SSSR count). The molecule has 1 heterocycles. The zero-order valence-corrected chi connectivity index (χ0v) is 8.55. The molecule has 2 nitrogen and oxygen atoms in total. The molecule has 0 unspecified atom stereocenters. The van der Waals surface area contributed by atoms with Crippen LogP contribution in [0.15, 0.2) is 4.99 Å². The molecule has 2 heteroatoms. The molecular weight excluding hydrogens is 160 g/mol. The van der Waals surface area contributed by atoms with E-state index in [2.05, 4.69) is 17.2 Å². The average molecular weight is 180 g/mol. The Labute approximate surface area is 80.8 Å². The summed E-state index contributed by atoms with van der Waals surface area (Å²) in [6.45, 7) is 3.41. The summed E-state index contributed by atoms with van der Waals surface area (Å²) in [6, 6.07) is 0.730. The minimum atomic E-state index is 0.730. The quantitative estimate of drug-likeness (QED) is 0.658. The first-order valence-electron chi connectivity index (χ1n) is 5.64. The van der Waals surface area contributed by atoms with Gasteiger partial charge in [0.15, 0.2) is 0 Å². The minimum absolute atomic E-state index is 0.730. The lowest BCUT2D eigenvalue weighted by atomic mass is 9.87. The first-order valence-corrected chi connectivity index (χ1v) is 5.64. The van der Waals surface area contributed by atoms with Crippen molar-refractivity contribution in [1.29, 1.82) is 0 Å². The lowest BCUT2D eigenvalue weighted by molar-refractivity contribution is 0.330. The molecule has 0 spiro atoms. The van der Waals surface area contributed by atoms with Gasteiger partial charge >= 0.3 is 0 Å². The predicted molar refractivity (Wildman–Crippen MR) is 56.1 cm³/mol. The van der Waals surface area contributed by atoms with Gasteiger partial charge in [-0.1, -0.05) is 6.92 Å². The zero-order valence-electron chi connectivity index (χ0n) is 8.55. The SMILES string of the molecule is CC1CCC(NC2=NCCC2)CC1. The van der Waals surface area contributed by atoms with Gasteiger partial charge in [-0.15, -0.1) is 0 Å². The maximum absolute atomic E-state index is 4.45. The van der Waals surface area contributed by atoms with Crippen molar-refractivity contribution in [3.63, 3.8) is 0 Å². The van der Waals surface area contributed by atoms with E-state index in [0.29, 0.717) is 0 Å². The van der Waals surface area contributed by atoms with E-state index >= 15 is 0 Å². The Hall–Kier alpha value is -0.530. The zero-order chi connectivity index (χ0) is 9.10. The number of aliphatic imine (C=N–C) groups is 1. The minimum Gasteiger partial charge on any atom is -0.371 e. The molecule has 0 aromatic heterocycles. The molecule has 0 saturated heterocycles. The second-order valence-corrected chi connectivity index (χ2v) is 4.53. The van der Waals surface area contributed by atoms with Crippen LogP contribution in [0.4, 0.5) is 0 Å². The van der Waals surface area contributed by atoms with Crippen LogP contribution < -0.4 is 5.32 Å². The number of amidine groups is 1. The van der Waals surface area contributed by atoms with E-state index in [1.807, 2.05) is 0 Å². The summed E-state index contributed by atoms with van der Waals surface area (Å²) in [7, 11) is 0. The smallest absolute Gasteiger partial charge is 0.0965 e. The lowest BCUT2D eigenvalue weighted by Crippen LogP contribution is -2.36. The van der Waals surface area contributed by atoms with Crippen molar-refractivity contribution >= 4 is 5.84 Å². The Morgan fingerprint density at radius 1 is 1.23 bits per heavy atom. The van der Waals surface area contributed by atoms with Crippen molar-refractivity contribution in [1.82, 2.24) is 5.32 Å². The van der Waals surface area contributed by atoms with E-state index in [1.54, 1.807) is 0 Å². The predicted octanol–water partition coefficient (Wildman–Crippen LogP) is 2.35. The van der Waals surface area contributed by atoms with Gasteiger partial charge in [0, 0.05) is 19.0 Å². The molecule has 0 radical (unpaired) electrons. The summed E-state index contributed by atoms with van der Waals surface area (Å²) in [5.41, 5.74) is 0. The summed E-state index contributed by atoms with van der Waals surface area (Å²) in [5.74, 6) is 2.23. The molecule has 0 aromatic rings. The Morgan fingerprint density at radius 3 is 2.62 bits per heavy atom. The van der Waals surface area contributed by atoms with Crippen LogP contribution in [0.5, 0.6) is 0 Å². The largest absolute Gasteiger partial charge is 0.371 e. The van der Waals surface area contributed by atoms with Gasteiger partial charge in [-0.05, 0) is 38.0 Å². The highest BCUT2D eigenvalue weighted by Crippen LogP contribution is 2.23. The molecule has 1 fully saturated rings. The molecule has 2 aliphatic rings. The van der Waals surface area contributed by atoms with Crippen LogP contribution in [0, 0.1) is 5.92 Å². The van der Waals surface area contributed by atoms with Crippen LogP contribution in [0.3, 0.4) is 0 Å². The van der Waals surface area contributed by atoms with Crippen molar-refractivity contribution < 1.29 is 0 Å². The number of nitrogens with zero attached hydrogens (tertiary/aromatic N) is 1. The first-order chi connectivity index (χ1) is 6.34. The molecule has 0 bridgehead atoms. The number of hydrogen-bond acceptors (Lipinski definition) is 2. The highest BCUT2D eigenvalue weighted by Gasteiger charge is 2.19. The molecule has 0 aromatic carbocycles. The van der Waals surface area contributed by atoms with Gasteiger partial charge in [0.2, 0.25) is 0 Å². The third-order valence-electron chi connectivity index (χ3n) is 3.26. The van der Waals surface area contributed by atoms with Crippen molar-refractivity contribution in [2.75, 3.05) is 6.54 Å². The van der Waals surface area contributed by atoms with Gasteiger partial charge in [-0.25, -0.2) is 0 Å². The molecule has 0 amide bonds.